The first-order valence-corrected chi connectivity index (χ1v) is 4.74. The number of rotatable bonds is 2. The molecule has 3 N–H and O–H groups in total. The van der Waals surface area contributed by atoms with Crippen molar-refractivity contribution < 1.29 is 18.3 Å². The van der Waals surface area contributed by atoms with E-state index in [9.17, 15) is 18.3 Å². The molecule has 0 bridgehead atoms. The first-order valence-electron chi connectivity index (χ1n) is 3.86. The Morgan fingerprint density at radius 1 is 1.50 bits per heavy atom. The second kappa shape index (κ2) is 3.52. The van der Waals surface area contributed by atoms with Crippen LogP contribution in [0.1, 0.15) is 10.4 Å². The molecule has 1 rings (SSSR count). The lowest BCUT2D eigenvalue weighted by molar-refractivity contribution is -0.262. The maximum atomic E-state index is 12.5. The molecular formula is C8H10F3NOS. The zero-order valence-electron chi connectivity index (χ0n) is 7.43. The second-order valence-corrected chi connectivity index (χ2v) is 4.12. The van der Waals surface area contributed by atoms with Gasteiger partial charge >= 0.3 is 6.18 Å². The number of hydrogen-bond acceptors (Lipinski definition) is 3. The largest absolute Gasteiger partial charge is 0.422 e. The molecule has 6 heteroatoms. The van der Waals surface area contributed by atoms with Crippen LogP contribution in [0.4, 0.5) is 13.2 Å². The molecule has 80 valence electrons. The molecule has 0 aromatic carbocycles. The van der Waals surface area contributed by atoms with E-state index in [-0.39, 0.29) is 5.56 Å². The van der Waals surface area contributed by atoms with E-state index < -0.39 is 18.3 Å². The Kier molecular flexibility index (Phi) is 2.89. The Bertz CT molecular complexity index is 323. The maximum Gasteiger partial charge on any atom is 0.422 e. The fraction of sp³-hybridized carbons (Fsp3) is 0.500. The van der Waals surface area contributed by atoms with Crippen molar-refractivity contribution >= 4 is 11.3 Å². The first-order chi connectivity index (χ1) is 6.31. The molecule has 1 aromatic heterocycles. The monoisotopic (exact) mass is 225 g/mol. The lowest BCUT2D eigenvalue weighted by Crippen LogP contribution is -2.48. The summed E-state index contributed by atoms with van der Waals surface area (Å²) in [4.78, 5) is 0.705. The molecule has 0 spiro atoms. The molecule has 1 heterocycles. The maximum absolute atomic E-state index is 12.5. The molecule has 1 aromatic rings. The number of alkyl halides is 3. The highest BCUT2D eigenvalue weighted by Gasteiger charge is 2.54. The third-order valence-electron chi connectivity index (χ3n) is 1.97. The van der Waals surface area contributed by atoms with E-state index in [1.54, 1.807) is 6.92 Å². The third-order valence-corrected chi connectivity index (χ3v) is 2.83. The van der Waals surface area contributed by atoms with Gasteiger partial charge in [-0.2, -0.15) is 13.2 Å². The van der Waals surface area contributed by atoms with Gasteiger partial charge in [0.25, 0.3) is 0 Å². The van der Waals surface area contributed by atoms with Crippen molar-refractivity contribution in [2.45, 2.75) is 18.7 Å². The van der Waals surface area contributed by atoms with Gasteiger partial charge in [-0.15, -0.1) is 11.3 Å². The summed E-state index contributed by atoms with van der Waals surface area (Å²) in [5.41, 5.74) is 1.87. The SMILES string of the molecule is Cc1cc(C(O)(CN)C(F)(F)F)cs1. The van der Waals surface area contributed by atoms with Gasteiger partial charge in [-0.05, 0) is 18.4 Å². The molecule has 0 aliphatic carbocycles. The number of aryl methyl sites for hydroxylation is 1. The Morgan fingerprint density at radius 2 is 2.07 bits per heavy atom. The zero-order valence-corrected chi connectivity index (χ0v) is 8.25. The predicted octanol–water partition coefficient (Wildman–Crippen LogP) is 1.77. The van der Waals surface area contributed by atoms with Gasteiger partial charge < -0.3 is 10.8 Å². The molecule has 0 saturated carbocycles. The van der Waals surface area contributed by atoms with Crippen LogP contribution in [-0.4, -0.2) is 17.8 Å². The Hall–Kier alpha value is -0.590. The van der Waals surface area contributed by atoms with Crippen molar-refractivity contribution in [3.05, 3.63) is 21.9 Å². The number of hydrogen-bond donors (Lipinski definition) is 2. The molecule has 0 aliphatic heterocycles. The number of nitrogens with two attached hydrogens (primary N) is 1. The van der Waals surface area contributed by atoms with Gasteiger partial charge in [-0.3, -0.25) is 0 Å². The predicted molar refractivity (Wildman–Crippen MR) is 48.1 cm³/mol. The summed E-state index contributed by atoms with van der Waals surface area (Å²) in [7, 11) is 0. The normalized spacial score (nSPS) is 16.7. The summed E-state index contributed by atoms with van der Waals surface area (Å²) < 4.78 is 37.4. The van der Waals surface area contributed by atoms with Crippen LogP contribution in [0.15, 0.2) is 11.4 Å². The minimum Gasteiger partial charge on any atom is -0.375 e. The van der Waals surface area contributed by atoms with E-state index in [0.29, 0.717) is 4.88 Å². The summed E-state index contributed by atoms with van der Waals surface area (Å²) >= 11 is 1.15. The van der Waals surface area contributed by atoms with Gasteiger partial charge in [-0.25, -0.2) is 0 Å². The molecule has 1 unspecified atom stereocenters. The third kappa shape index (κ3) is 1.77. The zero-order chi connectivity index (χ0) is 11.0. The second-order valence-electron chi connectivity index (χ2n) is 3.01. The molecule has 0 aliphatic rings. The van der Waals surface area contributed by atoms with Crippen LogP contribution >= 0.6 is 11.3 Å². The minimum atomic E-state index is -4.74. The van der Waals surface area contributed by atoms with E-state index >= 15 is 0 Å². The molecule has 2 nitrogen and oxygen atoms in total. The summed E-state index contributed by atoms with van der Waals surface area (Å²) in [6, 6.07) is 1.30. The molecule has 0 saturated heterocycles. The summed E-state index contributed by atoms with van der Waals surface area (Å²) in [5, 5.41) is 10.7. The molecular weight excluding hydrogens is 215 g/mol. The molecule has 14 heavy (non-hydrogen) atoms. The van der Waals surface area contributed by atoms with Crippen LogP contribution in [0.3, 0.4) is 0 Å². The lowest BCUT2D eigenvalue weighted by Gasteiger charge is -2.28. The minimum absolute atomic E-state index is 0.185. The van der Waals surface area contributed by atoms with E-state index in [2.05, 4.69) is 0 Å². The fourth-order valence-corrected chi connectivity index (χ4v) is 1.83. The highest BCUT2D eigenvalue weighted by atomic mass is 32.1. The van der Waals surface area contributed by atoms with Gasteiger partial charge in [-0.1, -0.05) is 0 Å². The first kappa shape index (κ1) is 11.5. The van der Waals surface area contributed by atoms with Crippen molar-refractivity contribution in [3.63, 3.8) is 0 Å². The highest BCUT2D eigenvalue weighted by Crippen LogP contribution is 2.39. The molecule has 0 amide bonds. The van der Waals surface area contributed by atoms with E-state index in [4.69, 9.17) is 5.73 Å². The molecule has 0 radical (unpaired) electrons. The van der Waals surface area contributed by atoms with Crippen molar-refractivity contribution in [1.29, 1.82) is 0 Å². The number of halogens is 3. The summed E-state index contributed by atoms with van der Waals surface area (Å²) in [5.74, 6) is 0. The van der Waals surface area contributed by atoms with Crippen molar-refractivity contribution in [2.24, 2.45) is 5.73 Å². The fourth-order valence-electron chi connectivity index (χ4n) is 1.06. The molecule has 1 atom stereocenters. The van der Waals surface area contributed by atoms with Gasteiger partial charge in [0.1, 0.15) is 0 Å². The Labute approximate surface area is 83.2 Å². The smallest absolute Gasteiger partial charge is 0.375 e. The topological polar surface area (TPSA) is 46.2 Å². The van der Waals surface area contributed by atoms with Crippen LogP contribution in [0.2, 0.25) is 0 Å². The highest BCUT2D eigenvalue weighted by molar-refractivity contribution is 7.10. The van der Waals surface area contributed by atoms with Crippen LogP contribution in [0.25, 0.3) is 0 Å². The van der Waals surface area contributed by atoms with Crippen molar-refractivity contribution in [1.82, 2.24) is 0 Å². The Balaban J connectivity index is 3.14. The van der Waals surface area contributed by atoms with Crippen LogP contribution < -0.4 is 5.73 Å². The number of thiophene rings is 1. The summed E-state index contributed by atoms with van der Waals surface area (Å²) in [6.07, 6.45) is -4.74. The van der Waals surface area contributed by atoms with E-state index in [1.165, 1.54) is 11.4 Å². The molecule has 0 fully saturated rings. The average Bonchev–Trinajstić information content (AvgIpc) is 2.48. The van der Waals surface area contributed by atoms with E-state index in [0.717, 1.165) is 11.3 Å². The van der Waals surface area contributed by atoms with Gasteiger partial charge in [0.05, 0.1) is 0 Å². The van der Waals surface area contributed by atoms with Gasteiger partial charge in [0, 0.05) is 17.0 Å². The van der Waals surface area contributed by atoms with E-state index in [1.807, 2.05) is 0 Å². The van der Waals surface area contributed by atoms with Crippen LogP contribution in [0.5, 0.6) is 0 Å². The number of aliphatic hydroxyl groups is 1. The standard InChI is InChI=1S/C8H10F3NOS/c1-5-2-6(3-14-5)7(13,4-12)8(9,10)11/h2-3,13H,4,12H2,1H3. The van der Waals surface area contributed by atoms with Crippen LogP contribution in [0, 0.1) is 6.92 Å². The quantitative estimate of drug-likeness (QED) is 0.805. The van der Waals surface area contributed by atoms with Crippen molar-refractivity contribution in [2.75, 3.05) is 6.54 Å². The van der Waals surface area contributed by atoms with Gasteiger partial charge in [0.15, 0.2) is 5.60 Å². The van der Waals surface area contributed by atoms with Gasteiger partial charge in [0.2, 0.25) is 0 Å². The Morgan fingerprint density at radius 3 is 2.36 bits per heavy atom. The average molecular weight is 225 g/mol. The lowest BCUT2D eigenvalue weighted by atomic mass is 9.96. The van der Waals surface area contributed by atoms with Crippen molar-refractivity contribution in [3.8, 4) is 0 Å². The summed E-state index contributed by atoms with van der Waals surface area (Å²) in [6.45, 7) is 0.800. The van der Waals surface area contributed by atoms with Crippen LogP contribution in [-0.2, 0) is 5.60 Å².